The van der Waals surface area contributed by atoms with Crippen LogP contribution < -0.4 is 5.32 Å². The van der Waals surface area contributed by atoms with Gasteiger partial charge >= 0.3 is 0 Å². The number of hydrogen-bond acceptors (Lipinski definition) is 4. The maximum Gasteiger partial charge on any atom is 0.223 e. The Hall–Kier alpha value is -1.94. The average molecular weight is 283 g/mol. The van der Waals surface area contributed by atoms with E-state index in [1.807, 2.05) is 0 Å². The van der Waals surface area contributed by atoms with Gasteiger partial charge in [-0.2, -0.15) is 0 Å². The van der Waals surface area contributed by atoms with Gasteiger partial charge in [0, 0.05) is 18.0 Å². The Balaban J connectivity index is 1.79. The first kappa shape index (κ1) is 14.0. The molecule has 1 heterocycles. The summed E-state index contributed by atoms with van der Waals surface area (Å²) in [5, 5.41) is 13.3. The number of nitrogens with zero attached hydrogens (tertiary/aromatic N) is 2. The summed E-state index contributed by atoms with van der Waals surface area (Å²) < 4.78 is 0. The zero-order valence-corrected chi connectivity index (χ0v) is 12.5. The van der Waals surface area contributed by atoms with Crippen molar-refractivity contribution in [1.29, 1.82) is 0 Å². The molecule has 110 valence electrons. The minimum atomic E-state index is -0.907. The minimum Gasteiger partial charge on any atom is -0.386 e. The molecule has 1 aliphatic rings. The summed E-state index contributed by atoms with van der Waals surface area (Å²) in [4.78, 5) is 8.66. The van der Waals surface area contributed by atoms with Crippen molar-refractivity contribution in [2.24, 2.45) is 0 Å². The van der Waals surface area contributed by atoms with Crippen LogP contribution in [0, 0.1) is 0 Å². The highest BCUT2D eigenvalue weighted by Crippen LogP contribution is 2.31. The zero-order chi connectivity index (χ0) is 14.9. The molecule has 2 N–H and O–H groups in total. The van der Waals surface area contributed by atoms with Crippen LogP contribution in [0.4, 0.5) is 5.95 Å². The molecule has 4 nitrogen and oxygen atoms in total. The number of hydrogen-bond donors (Lipinski definition) is 2. The van der Waals surface area contributed by atoms with E-state index >= 15 is 0 Å². The first-order valence-corrected chi connectivity index (χ1v) is 7.43. The Morgan fingerprint density at radius 3 is 2.62 bits per heavy atom. The summed E-state index contributed by atoms with van der Waals surface area (Å²) in [5.74, 6) is 0.615. The van der Waals surface area contributed by atoms with E-state index in [1.165, 1.54) is 17.5 Å². The summed E-state index contributed by atoms with van der Waals surface area (Å²) >= 11 is 0. The molecule has 0 unspecified atom stereocenters. The molecule has 21 heavy (non-hydrogen) atoms. The van der Waals surface area contributed by atoms with Crippen molar-refractivity contribution in [2.45, 2.75) is 44.8 Å². The van der Waals surface area contributed by atoms with Crippen LogP contribution >= 0.6 is 0 Å². The Morgan fingerprint density at radius 2 is 1.90 bits per heavy atom. The molecule has 0 fully saturated rings. The quantitative estimate of drug-likeness (QED) is 0.908. The van der Waals surface area contributed by atoms with E-state index in [9.17, 15) is 5.11 Å². The monoisotopic (exact) mass is 283 g/mol. The summed E-state index contributed by atoms with van der Waals surface area (Å²) in [5.41, 5.74) is 2.57. The number of rotatable bonds is 3. The lowest BCUT2D eigenvalue weighted by Crippen LogP contribution is -2.20. The molecule has 1 atom stereocenters. The molecule has 0 aliphatic heterocycles. The Morgan fingerprint density at radius 1 is 1.19 bits per heavy atom. The van der Waals surface area contributed by atoms with Gasteiger partial charge in [-0.05, 0) is 44.2 Å². The van der Waals surface area contributed by atoms with Crippen molar-refractivity contribution < 1.29 is 5.11 Å². The number of benzene rings is 1. The Kier molecular flexibility index (Phi) is 3.64. The van der Waals surface area contributed by atoms with Crippen molar-refractivity contribution in [3.8, 4) is 0 Å². The molecule has 0 radical (unpaired) electrons. The highest BCUT2D eigenvalue weighted by molar-refractivity contribution is 5.38. The maximum absolute atomic E-state index is 9.93. The second kappa shape index (κ2) is 5.45. The third kappa shape index (κ3) is 3.05. The molecule has 4 heteroatoms. The number of anilines is 1. The molecule has 3 rings (SSSR count). The van der Waals surface area contributed by atoms with Crippen LogP contribution in [-0.4, -0.2) is 15.1 Å². The Bertz CT molecular complexity index is 617. The van der Waals surface area contributed by atoms with Crippen LogP contribution in [0.3, 0.4) is 0 Å². The van der Waals surface area contributed by atoms with Crippen molar-refractivity contribution in [1.82, 2.24) is 9.97 Å². The van der Waals surface area contributed by atoms with Crippen LogP contribution in [-0.2, 0) is 12.0 Å². The molecule has 0 spiro atoms. The summed E-state index contributed by atoms with van der Waals surface area (Å²) in [6, 6.07) is 8.81. The van der Waals surface area contributed by atoms with E-state index in [0.717, 1.165) is 18.4 Å². The molecule has 1 aliphatic carbocycles. The second-order valence-electron chi connectivity index (χ2n) is 6.14. The summed E-state index contributed by atoms with van der Waals surface area (Å²) in [7, 11) is 0. The number of aryl methyl sites for hydroxylation is 1. The third-order valence-electron chi connectivity index (χ3n) is 4.03. The van der Waals surface area contributed by atoms with Gasteiger partial charge in [-0.3, -0.25) is 0 Å². The van der Waals surface area contributed by atoms with Crippen molar-refractivity contribution in [3.63, 3.8) is 0 Å². The Labute approximate surface area is 125 Å². The van der Waals surface area contributed by atoms with Gasteiger partial charge in [0.1, 0.15) is 0 Å². The van der Waals surface area contributed by atoms with Gasteiger partial charge in [-0.25, -0.2) is 9.97 Å². The van der Waals surface area contributed by atoms with E-state index in [-0.39, 0.29) is 6.04 Å². The van der Waals surface area contributed by atoms with Crippen LogP contribution in [0.5, 0.6) is 0 Å². The lowest BCUT2D eigenvalue weighted by atomic mass is 9.88. The fourth-order valence-corrected chi connectivity index (χ4v) is 2.78. The number of fused-ring (bicyclic) bond motifs is 1. The number of nitrogens with one attached hydrogen (secondary N) is 1. The summed E-state index contributed by atoms with van der Waals surface area (Å²) in [6.07, 6.45) is 6.78. The highest BCUT2D eigenvalue weighted by atomic mass is 16.3. The van der Waals surface area contributed by atoms with Gasteiger partial charge in [0.2, 0.25) is 5.95 Å². The maximum atomic E-state index is 9.93. The van der Waals surface area contributed by atoms with Gasteiger partial charge in [0.25, 0.3) is 0 Å². The van der Waals surface area contributed by atoms with Crippen molar-refractivity contribution in [2.75, 3.05) is 5.32 Å². The van der Waals surface area contributed by atoms with Gasteiger partial charge < -0.3 is 10.4 Å². The van der Waals surface area contributed by atoms with Gasteiger partial charge in [-0.15, -0.1) is 0 Å². The van der Waals surface area contributed by atoms with E-state index in [2.05, 4.69) is 39.6 Å². The second-order valence-corrected chi connectivity index (χ2v) is 6.14. The molecule has 0 saturated carbocycles. The fourth-order valence-electron chi connectivity index (χ4n) is 2.78. The van der Waals surface area contributed by atoms with Crippen molar-refractivity contribution >= 4 is 5.95 Å². The lowest BCUT2D eigenvalue weighted by Gasteiger charge is -2.26. The first-order valence-electron chi connectivity index (χ1n) is 7.43. The van der Waals surface area contributed by atoms with E-state index in [1.54, 1.807) is 26.2 Å². The van der Waals surface area contributed by atoms with Crippen molar-refractivity contribution in [3.05, 3.63) is 53.3 Å². The number of aliphatic hydroxyl groups is 1. The molecule has 0 saturated heterocycles. The van der Waals surface area contributed by atoms with Gasteiger partial charge in [0.05, 0.1) is 11.6 Å². The van der Waals surface area contributed by atoms with E-state index in [4.69, 9.17) is 0 Å². The highest BCUT2D eigenvalue weighted by Gasteiger charge is 2.21. The topological polar surface area (TPSA) is 58.0 Å². The smallest absolute Gasteiger partial charge is 0.223 e. The predicted octanol–water partition coefficient (Wildman–Crippen LogP) is 3.19. The largest absolute Gasteiger partial charge is 0.386 e. The molecule has 0 amide bonds. The van der Waals surface area contributed by atoms with Crippen LogP contribution in [0.1, 0.15) is 49.4 Å². The molecular weight excluding hydrogens is 262 g/mol. The van der Waals surface area contributed by atoms with Crippen LogP contribution in [0.25, 0.3) is 0 Å². The molecule has 2 aromatic rings. The van der Waals surface area contributed by atoms with Gasteiger partial charge in [-0.1, -0.05) is 24.3 Å². The molecule has 1 aromatic heterocycles. The number of aromatic nitrogens is 2. The van der Waals surface area contributed by atoms with Crippen LogP contribution in [0.2, 0.25) is 0 Å². The van der Waals surface area contributed by atoms with E-state index in [0.29, 0.717) is 5.95 Å². The van der Waals surface area contributed by atoms with Crippen LogP contribution in [0.15, 0.2) is 36.7 Å². The first-order chi connectivity index (χ1) is 10.0. The fraction of sp³-hybridized carbons (Fsp3) is 0.412. The lowest BCUT2D eigenvalue weighted by molar-refractivity contribution is 0.0778. The SMILES string of the molecule is CC(C)(O)c1cnc(N[C@@H]2CCCc3ccccc32)nc1. The summed E-state index contributed by atoms with van der Waals surface area (Å²) in [6.45, 7) is 3.46. The standard InChI is InChI=1S/C17H21N3O/c1-17(2,21)13-10-18-16(19-11-13)20-15-9-5-7-12-6-3-4-8-14(12)15/h3-4,6,8,10-11,15,21H,5,7,9H2,1-2H3,(H,18,19,20)/t15-/m1/s1. The normalized spacial score (nSPS) is 18.1. The predicted molar refractivity (Wildman–Crippen MR) is 83.0 cm³/mol. The molecule has 0 bridgehead atoms. The average Bonchev–Trinajstić information content (AvgIpc) is 2.47. The zero-order valence-electron chi connectivity index (χ0n) is 12.5. The third-order valence-corrected chi connectivity index (χ3v) is 4.03. The minimum absolute atomic E-state index is 0.267. The van der Waals surface area contributed by atoms with E-state index < -0.39 is 5.60 Å². The molecule has 1 aromatic carbocycles. The molecular formula is C17H21N3O. The van der Waals surface area contributed by atoms with Gasteiger partial charge in [0.15, 0.2) is 0 Å².